The van der Waals surface area contributed by atoms with E-state index in [2.05, 4.69) is 10.3 Å². The highest BCUT2D eigenvalue weighted by Gasteiger charge is 2.47. The Hall–Kier alpha value is -4.59. The number of H-pyrrole nitrogens is 1. The van der Waals surface area contributed by atoms with Crippen molar-refractivity contribution in [1.82, 2.24) is 15.2 Å². The van der Waals surface area contributed by atoms with Gasteiger partial charge in [-0.25, -0.2) is 9.69 Å². The molecule has 1 saturated heterocycles. The Bertz CT molecular complexity index is 1480. The van der Waals surface area contributed by atoms with Crippen LogP contribution in [0.25, 0.3) is 10.9 Å². The first-order valence-electron chi connectivity index (χ1n) is 12.3. The van der Waals surface area contributed by atoms with Crippen LogP contribution >= 0.6 is 0 Å². The van der Waals surface area contributed by atoms with Gasteiger partial charge in [-0.05, 0) is 65.6 Å². The summed E-state index contributed by atoms with van der Waals surface area (Å²) in [6, 6.07) is 19.5. The molecule has 6 rings (SSSR count). The summed E-state index contributed by atoms with van der Waals surface area (Å²) in [6.45, 7) is 0.886. The third-order valence-corrected chi connectivity index (χ3v) is 7.23. The maximum Gasteiger partial charge on any atom is 0.332 e. The minimum Gasteiger partial charge on any atom is -0.497 e. The number of carbonyl (C=O) groups is 3. The van der Waals surface area contributed by atoms with Crippen LogP contribution in [0, 0.1) is 0 Å². The Morgan fingerprint density at radius 2 is 1.84 bits per heavy atom. The number of rotatable bonds is 6. The first-order valence-corrected chi connectivity index (χ1v) is 12.3. The lowest BCUT2D eigenvalue weighted by atomic mass is 9.95. The number of anilines is 1. The van der Waals surface area contributed by atoms with E-state index in [1.165, 1.54) is 4.90 Å². The lowest BCUT2D eigenvalue weighted by Gasteiger charge is -2.28. The van der Waals surface area contributed by atoms with Crippen LogP contribution in [-0.4, -0.2) is 47.4 Å². The second-order valence-corrected chi connectivity index (χ2v) is 9.35. The van der Waals surface area contributed by atoms with E-state index >= 15 is 0 Å². The molecule has 3 aromatic carbocycles. The fourth-order valence-electron chi connectivity index (χ4n) is 5.22. The molecule has 1 fully saturated rings. The second-order valence-electron chi connectivity index (χ2n) is 9.35. The van der Waals surface area contributed by atoms with E-state index in [-0.39, 0.29) is 17.8 Å². The summed E-state index contributed by atoms with van der Waals surface area (Å²) in [6.07, 6.45) is 3.12. The number of nitrogens with zero attached hydrogens (tertiary/aromatic N) is 2. The van der Waals surface area contributed by atoms with Crippen molar-refractivity contribution >= 4 is 34.4 Å². The van der Waals surface area contributed by atoms with E-state index in [0.717, 1.165) is 33.3 Å². The molecule has 0 saturated carbocycles. The molecule has 0 radical (unpaired) electrons. The molecule has 0 spiro atoms. The molecule has 1 atom stereocenters. The summed E-state index contributed by atoms with van der Waals surface area (Å²) in [7, 11) is 1.64. The minimum atomic E-state index is -0.491. The quantitative estimate of drug-likeness (QED) is 0.396. The summed E-state index contributed by atoms with van der Waals surface area (Å²) < 4.78 is 5.32. The van der Waals surface area contributed by atoms with Crippen LogP contribution in [-0.2, 0) is 24.2 Å². The summed E-state index contributed by atoms with van der Waals surface area (Å²) in [4.78, 5) is 45.1. The monoisotopic (exact) mass is 494 g/mol. The fourth-order valence-corrected chi connectivity index (χ4v) is 5.22. The normalized spacial score (nSPS) is 16.6. The number of amides is 4. The number of aromatic amines is 1. The molecule has 1 aromatic heterocycles. The predicted molar refractivity (Wildman–Crippen MR) is 140 cm³/mol. The summed E-state index contributed by atoms with van der Waals surface area (Å²) in [5, 5.41) is 4.02. The van der Waals surface area contributed by atoms with Crippen molar-refractivity contribution in [3.63, 3.8) is 0 Å². The smallest absolute Gasteiger partial charge is 0.332 e. The molecule has 186 valence electrons. The number of benzene rings is 3. The zero-order valence-electron chi connectivity index (χ0n) is 20.4. The Morgan fingerprint density at radius 3 is 2.62 bits per heavy atom. The molecule has 0 aliphatic carbocycles. The Labute approximate surface area is 213 Å². The average Bonchev–Trinajstić information content (AvgIpc) is 3.44. The molecule has 37 heavy (non-hydrogen) atoms. The Morgan fingerprint density at radius 1 is 1.05 bits per heavy atom. The molecule has 2 N–H and O–H groups in total. The van der Waals surface area contributed by atoms with Gasteiger partial charge in [-0.3, -0.25) is 9.59 Å². The molecule has 4 aromatic rings. The minimum absolute atomic E-state index is 0.212. The highest BCUT2D eigenvalue weighted by atomic mass is 16.5. The predicted octanol–water partition coefficient (Wildman–Crippen LogP) is 4.04. The van der Waals surface area contributed by atoms with E-state index in [1.54, 1.807) is 36.3 Å². The summed E-state index contributed by atoms with van der Waals surface area (Å²) in [5.74, 6) is 0.344. The number of hydrogen-bond acceptors (Lipinski definition) is 4. The van der Waals surface area contributed by atoms with Gasteiger partial charge in [0.1, 0.15) is 11.8 Å². The number of ether oxygens (including phenoxy) is 1. The van der Waals surface area contributed by atoms with Crippen molar-refractivity contribution in [2.24, 2.45) is 0 Å². The number of aromatic nitrogens is 1. The van der Waals surface area contributed by atoms with Gasteiger partial charge in [-0.1, -0.05) is 24.3 Å². The number of imide groups is 1. The van der Waals surface area contributed by atoms with Crippen molar-refractivity contribution in [2.75, 3.05) is 18.6 Å². The molecule has 0 unspecified atom stereocenters. The fraction of sp³-hybridized carbons (Fsp3) is 0.207. The maximum atomic E-state index is 13.1. The Kier molecular flexibility index (Phi) is 5.64. The first kappa shape index (κ1) is 22.8. The van der Waals surface area contributed by atoms with Crippen molar-refractivity contribution < 1.29 is 19.1 Å². The van der Waals surface area contributed by atoms with E-state index in [4.69, 9.17) is 4.74 Å². The topological polar surface area (TPSA) is 94.7 Å². The van der Waals surface area contributed by atoms with Crippen LogP contribution in [0.1, 0.15) is 27.0 Å². The van der Waals surface area contributed by atoms with Crippen LogP contribution in [0.15, 0.2) is 72.9 Å². The van der Waals surface area contributed by atoms with Gasteiger partial charge in [0.15, 0.2) is 0 Å². The molecule has 0 bridgehead atoms. The van der Waals surface area contributed by atoms with Crippen molar-refractivity contribution in [3.8, 4) is 5.75 Å². The van der Waals surface area contributed by atoms with Gasteiger partial charge in [0.05, 0.1) is 12.8 Å². The molecule has 8 heteroatoms. The summed E-state index contributed by atoms with van der Waals surface area (Å²) >= 11 is 0. The molecule has 3 heterocycles. The van der Waals surface area contributed by atoms with Gasteiger partial charge in [0.25, 0.3) is 11.8 Å². The highest BCUT2D eigenvalue weighted by molar-refractivity contribution is 6.21. The first-order chi connectivity index (χ1) is 18.0. The van der Waals surface area contributed by atoms with Crippen molar-refractivity contribution in [3.05, 3.63) is 95.2 Å². The van der Waals surface area contributed by atoms with Gasteiger partial charge < -0.3 is 19.9 Å². The van der Waals surface area contributed by atoms with Gasteiger partial charge in [0.2, 0.25) is 0 Å². The largest absolute Gasteiger partial charge is 0.497 e. The van der Waals surface area contributed by atoms with Crippen LogP contribution in [0.2, 0.25) is 0 Å². The number of nitrogens with one attached hydrogen (secondary N) is 2. The molecular weight excluding hydrogens is 468 g/mol. The van der Waals surface area contributed by atoms with Crippen molar-refractivity contribution in [1.29, 1.82) is 0 Å². The summed E-state index contributed by atoms with van der Waals surface area (Å²) in [5.41, 5.74) is 5.22. The average molecular weight is 495 g/mol. The van der Waals surface area contributed by atoms with Crippen molar-refractivity contribution in [2.45, 2.75) is 25.4 Å². The lowest BCUT2D eigenvalue weighted by Crippen LogP contribution is -2.39. The zero-order chi connectivity index (χ0) is 25.5. The maximum absolute atomic E-state index is 13.1. The number of carbonyl (C=O) groups excluding carboxylic acids is 3. The van der Waals surface area contributed by atoms with Gasteiger partial charge >= 0.3 is 6.03 Å². The third kappa shape index (κ3) is 4.00. The van der Waals surface area contributed by atoms with Gasteiger partial charge in [-0.15, -0.1) is 0 Å². The van der Waals surface area contributed by atoms with Crippen LogP contribution in [0.4, 0.5) is 10.5 Å². The van der Waals surface area contributed by atoms with Crippen LogP contribution in [0.3, 0.4) is 0 Å². The number of fused-ring (bicyclic) bond motifs is 3. The number of urea groups is 1. The van der Waals surface area contributed by atoms with Gasteiger partial charge in [0, 0.05) is 42.2 Å². The van der Waals surface area contributed by atoms with E-state index < -0.39 is 6.04 Å². The number of methoxy groups -OCH3 is 1. The third-order valence-electron chi connectivity index (χ3n) is 7.23. The van der Waals surface area contributed by atoms with Crippen LogP contribution in [0.5, 0.6) is 5.75 Å². The molecule has 4 amide bonds. The number of hydrogen-bond donors (Lipinski definition) is 2. The zero-order valence-corrected chi connectivity index (χ0v) is 20.4. The molecule has 8 nitrogen and oxygen atoms in total. The Balaban J connectivity index is 1.10. The molecule has 2 aliphatic rings. The highest BCUT2D eigenvalue weighted by Crippen LogP contribution is 2.33. The SMILES string of the molecule is COc1ccc2[nH]cc(CCNC(=O)c3ccc(N4C(=O)[C@@H]5Cc6ccccc6CN5C4=O)cc3)c2c1. The molecule has 2 aliphatic heterocycles. The second kappa shape index (κ2) is 9.13. The van der Waals surface area contributed by atoms with Gasteiger partial charge in [-0.2, -0.15) is 0 Å². The van der Waals surface area contributed by atoms with E-state index in [9.17, 15) is 14.4 Å². The standard InChI is InChI=1S/C29H26N4O4/c1-37-23-10-11-25-24(15-23)20(16-31-25)12-13-30-27(34)18-6-8-22(9-7-18)33-28(35)26-14-19-4-2-3-5-21(19)17-32(26)29(33)36/h2-11,15-16,26,31H,12-14,17H2,1H3,(H,30,34)/t26-/m0/s1. The van der Waals surface area contributed by atoms with Crippen LogP contribution < -0.4 is 15.0 Å². The lowest BCUT2D eigenvalue weighted by molar-refractivity contribution is -0.120. The van der Waals surface area contributed by atoms with E-state index in [1.807, 2.05) is 48.7 Å². The molecular formula is C29H26N4O4. The van der Waals surface area contributed by atoms with E-state index in [0.29, 0.717) is 37.2 Å².